The number of hydrogen-bond acceptors (Lipinski definition) is 6. The summed E-state index contributed by atoms with van der Waals surface area (Å²) in [5.41, 5.74) is 6.64. The fraction of sp³-hybridized carbons (Fsp3) is 0.333. The Labute approximate surface area is 148 Å². The van der Waals surface area contributed by atoms with Gasteiger partial charge >= 0.3 is 6.09 Å². The molecule has 0 spiro atoms. The average Bonchev–Trinajstić information content (AvgIpc) is 3.03. The highest BCUT2D eigenvalue weighted by atomic mass is 35.5. The Balaban J connectivity index is 2.05. The lowest BCUT2D eigenvalue weighted by molar-refractivity contribution is 0.132. The van der Waals surface area contributed by atoms with Crippen molar-refractivity contribution in [3.8, 4) is 0 Å². The molecule has 0 radical (unpaired) electrons. The molecule has 25 heavy (non-hydrogen) atoms. The van der Waals surface area contributed by atoms with Gasteiger partial charge in [0.2, 0.25) is 0 Å². The van der Waals surface area contributed by atoms with Gasteiger partial charge in [0.15, 0.2) is 11.5 Å². The number of carbonyl (C=O) groups is 1. The molecule has 2 aromatic rings. The van der Waals surface area contributed by atoms with Crippen molar-refractivity contribution in [2.45, 2.75) is 20.4 Å². The molecule has 1 amide bonds. The quantitative estimate of drug-likeness (QED) is 0.597. The Morgan fingerprint density at radius 1 is 1.48 bits per heavy atom. The van der Waals surface area contributed by atoms with E-state index in [9.17, 15) is 9.18 Å². The van der Waals surface area contributed by atoms with E-state index in [1.807, 2.05) is 13.8 Å². The Kier molecular flexibility index (Phi) is 6.29. The zero-order valence-electron chi connectivity index (χ0n) is 13.6. The third-order valence-corrected chi connectivity index (χ3v) is 3.19. The largest absolute Gasteiger partial charge is 0.449 e. The van der Waals surface area contributed by atoms with Crippen molar-refractivity contribution in [3.63, 3.8) is 0 Å². The van der Waals surface area contributed by atoms with Crippen LogP contribution in [0.1, 0.15) is 25.2 Å². The summed E-state index contributed by atoms with van der Waals surface area (Å²) in [4.78, 5) is 15.6. The summed E-state index contributed by atoms with van der Waals surface area (Å²) in [5, 5.41) is 9.77. The monoisotopic (exact) mass is 369 g/mol. The smallest absolute Gasteiger partial charge is 0.407 e. The molecule has 0 aliphatic carbocycles. The maximum absolute atomic E-state index is 13.2. The van der Waals surface area contributed by atoms with Gasteiger partial charge in [0.05, 0.1) is 23.9 Å². The molecule has 0 saturated carbocycles. The highest BCUT2D eigenvalue weighted by molar-refractivity contribution is 6.31. The van der Waals surface area contributed by atoms with E-state index in [2.05, 4.69) is 25.3 Å². The van der Waals surface area contributed by atoms with Gasteiger partial charge in [-0.1, -0.05) is 30.6 Å². The van der Waals surface area contributed by atoms with Crippen molar-refractivity contribution < 1.29 is 18.6 Å². The second-order valence-corrected chi connectivity index (χ2v) is 5.91. The summed E-state index contributed by atoms with van der Waals surface area (Å²) in [5.74, 6) is -0.358. The van der Waals surface area contributed by atoms with Gasteiger partial charge in [-0.15, -0.1) is 0 Å². The Bertz CT molecular complexity index is 778. The minimum atomic E-state index is -0.594. The van der Waals surface area contributed by atoms with Crippen LogP contribution in [-0.2, 0) is 11.3 Å². The lowest BCUT2D eigenvalue weighted by atomic mass is 10.2. The molecule has 10 heteroatoms. The van der Waals surface area contributed by atoms with Gasteiger partial charge in [-0.05, 0) is 29.3 Å². The molecule has 0 fully saturated rings. The maximum atomic E-state index is 13.2. The number of hydrogen-bond donors (Lipinski definition) is 2. The second-order valence-electron chi connectivity index (χ2n) is 5.50. The second kappa shape index (κ2) is 8.43. The molecule has 3 N–H and O–H groups in total. The number of nitrogens with zero attached hydrogens (tertiary/aromatic N) is 3. The molecule has 0 unspecified atom stereocenters. The van der Waals surface area contributed by atoms with Crippen molar-refractivity contribution in [1.82, 2.24) is 15.6 Å². The summed E-state index contributed by atoms with van der Waals surface area (Å²) in [6.45, 7) is 4.14. The SMILES string of the molecule is CC(C)COC(=O)NCc1nonc1C(N)=Nc1ccc(F)c(Cl)c1. The predicted molar refractivity (Wildman–Crippen MR) is 89.1 cm³/mol. The van der Waals surface area contributed by atoms with Gasteiger partial charge in [-0.25, -0.2) is 18.8 Å². The van der Waals surface area contributed by atoms with E-state index >= 15 is 0 Å². The normalized spacial score (nSPS) is 11.6. The van der Waals surface area contributed by atoms with Gasteiger partial charge in [0, 0.05) is 0 Å². The van der Waals surface area contributed by atoms with Gasteiger partial charge in [0.25, 0.3) is 0 Å². The first kappa shape index (κ1) is 18.7. The standard InChI is InChI=1S/C15H17ClFN5O3/c1-8(2)7-24-15(23)19-6-12-13(22-25-21-12)14(18)20-9-3-4-11(17)10(16)5-9/h3-5,8H,6-7H2,1-2H3,(H2,18,20)(H,19,23). The molecule has 2 rings (SSSR count). The summed E-state index contributed by atoms with van der Waals surface area (Å²) in [6, 6.07) is 3.89. The number of halogens is 2. The van der Waals surface area contributed by atoms with E-state index in [0.29, 0.717) is 12.3 Å². The third kappa shape index (κ3) is 5.42. The van der Waals surface area contributed by atoms with Crippen molar-refractivity contribution >= 4 is 29.2 Å². The summed E-state index contributed by atoms with van der Waals surface area (Å²) in [6.07, 6.45) is -0.594. The highest BCUT2D eigenvalue weighted by Crippen LogP contribution is 2.22. The molecule has 0 bridgehead atoms. The number of benzene rings is 1. The van der Waals surface area contributed by atoms with Gasteiger partial charge < -0.3 is 15.8 Å². The summed E-state index contributed by atoms with van der Waals surface area (Å²) in [7, 11) is 0. The molecule has 1 heterocycles. The minimum absolute atomic E-state index is 0.00381. The van der Waals surface area contributed by atoms with Crippen LogP contribution in [0.2, 0.25) is 5.02 Å². The molecule has 0 saturated heterocycles. The van der Waals surface area contributed by atoms with Crippen molar-refractivity contribution in [2.24, 2.45) is 16.6 Å². The van der Waals surface area contributed by atoms with Crippen LogP contribution in [0.15, 0.2) is 27.8 Å². The first-order valence-corrected chi connectivity index (χ1v) is 7.76. The molecule has 8 nitrogen and oxygen atoms in total. The molecule has 1 aromatic carbocycles. The van der Waals surface area contributed by atoms with Crippen LogP contribution < -0.4 is 11.1 Å². The van der Waals surface area contributed by atoms with Crippen molar-refractivity contribution in [3.05, 3.63) is 40.4 Å². The summed E-state index contributed by atoms with van der Waals surface area (Å²) < 4.78 is 22.8. The van der Waals surface area contributed by atoms with Crippen LogP contribution in [-0.4, -0.2) is 28.8 Å². The van der Waals surface area contributed by atoms with Crippen molar-refractivity contribution in [2.75, 3.05) is 6.61 Å². The van der Waals surface area contributed by atoms with Crippen molar-refractivity contribution in [1.29, 1.82) is 0 Å². The third-order valence-electron chi connectivity index (χ3n) is 2.90. The number of ether oxygens (including phenoxy) is 1. The van der Waals surface area contributed by atoms with Crippen LogP contribution in [0.3, 0.4) is 0 Å². The molecular weight excluding hydrogens is 353 g/mol. The molecule has 0 aliphatic rings. The number of aliphatic imine (C=N–C) groups is 1. The Morgan fingerprint density at radius 2 is 2.24 bits per heavy atom. The molecular formula is C15H17ClFN5O3. The zero-order valence-corrected chi connectivity index (χ0v) is 14.4. The number of aromatic nitrogens is 2. The van der Waals surface area contributed by atoms with E-state index in [1.165, 1.54) is 18.2 Å². The van der Waals surface area contributed by atoms with Crippen LogP contribution in [0.4, 0.5) is 14.9 Å². The van der Waals surface area contributed by atoms with E-state index in [-0.39, 0.29) is 34.7 Å². The minimum Gasteiger partial charge on any atom is -0.449 e. The van der Waals surface area contributed by atoms with Gasteiger partial charge in [-0.3, -0.25) is 0 Å². The lowest BCUT2D eigenvalue weighted by Crippen LogP contribution is -2.27. The molecule has 0 aliphatic heterocycles. The number of nitrogens with two attached hydrogens (primary N) is 1. The van der Waals surface area contributed by atoms with E-state index in [0.717, 1.165) is 0 Å². The van der Waals surface area contributed by atoms with Gasteiger partial charge in [0.1, 0.15) is 11.5 Å². The lowest BCUT2D eigenvalue weighted by Gasteiger charge is -2.07. The first-order chi connectivity index (χ1) is 11.9. The molecule has 134 valence electrons. The number of nitrogens with one attached hydrogen (secondary N) is 1. The number of amidine groups is 1. The van der Waals surface area contributed by atoms with Crippen LogP contribution in [0.5, 0.6) is 0 Å². The van der Waals surface area contributed by atoms with E-state index in [4.69, 9.17) is 22.1 Å². The van der Waals surface area contributed by atoms with Gasteiger partial charge in [-0.2, -0.15) is 0 Å². The van der Waals surface area contributed by atoms with Crippen LogP contribution in [0, 0.1) is 11.7 Å². The Hall–Kier alpha value is -2.68. The number of carbonyl (C=O) groups excluding carboxylic acids is 1. The Morgan fingerprint density at radius 3 is 2.92 bits per heavy atom. The summed E-state index contributed by atoms with van der Waals surface area (Å²) >= 11 is 5.70. The van der Waals surface area contributed by atoms with E-state index in [1.54, 1.807) is 0 Å². The maximum Gasteiger partial charge on any atom is 0.407 e. The predicted octanol–water partition coefficient (Wildman–Crippen LogP) is 2.78. The average molecular weight is 370 g/mol. The van der Waals surface area contributed by atoms with Crippen LogP contribution >= 0.6 is 11.6 Å². The number of rotatable bonds is 6. The highest BCUT2D eigenvalue weighted by Gasteiger charge is 2.16. The van der Waals surface area contributed by atoms with Crippen LogP contribution in [0.25, 0.3) is 0 Å². The number of amides is 1. The fourth-order valence-corrected chi connectivity index (χ4v) is 1.89. The first-order valence-electron chi connectivity index (χ1n) is 7.38. The van der Waals surface area contributed by atoms with E-state index < -0.39 is 11.9 Å². The topological polar surface area (TPSA) is 116 Å². The molecule has 0 atom stereocenters. The zero-order chi connectivity index (χ0) is 18.4. The molecule has 1 aromatic heterocycles. The number of alkyl carbamates (subject to hydrolysis) is 1. The fourth-order valence-electron chi connectivity index (χ4n) is 1.71.